The molecule has 0 aliphatic heterocycles. The molecule has 2 rings (SSSR count). The van der Waals surface area contributed by atoms with Gasteiger partial charge in [0.25, 0.3) is 0 Å². The Labute approximate surface area is 148 Å². The zero-order valence-electron chi connectivity index (χ0n) is 12.5. The Balaban J connectivity index is 2.30. The Morgan fingerprint density at radius 2 is 1.64 bits per heavy atom. The average molecular weight is 393 g/mol. The van der Waals surface area contributed by atoms with Gasteiger partial charge in [-0.05, 0) is 30.7 Å². The first kappa shape index (κ1) is 19.3. The topological polar surface area (TPSA) is 54.4 Å². The van der Waals surface area contributed by atoms with Crippen molar-refractivity contribution in [1.29, 1.82) is 0 Å². The molecule has 25 heavy (non-hydrogen) atoms. The minimum absolute atomic E-state index is 0.207. The van der Waals surface area contributed by atoms with Crippen molar-refractivity contribution in [3.63, 3.8) is 0 Å². The summed E-state index contributed by atoms with van der Waals surface area (Å²) in [7, 11) is 0. The lowest BCUT2D eigenvalue weighted by molar-refractivity contribution is 0.0682. The Morgan fingerprint density at radius 3 is 2.12 bits per heavy atom. The largest absolute Gasteiger partial charge is 0.477 e. The number of ketones is 1. The monoisotopic (exact) mass is 392 g/mol. The second-order valence-electron chi connectivity index (χ2n) is 4.94. The van der Waals surface area contributed by atoms with Crippen LogP contribution in [-0.2, 0) is 0 Å². The van der Waals surface area contributed by atoms with Crippen molar-refractivity contribution in [2.45, 2.75) is 11.8 Å². The first-order chi connectivity index (χ1) is 11.6. The van der Waals surface area contributed by atoms with E-state index in [1.54, 1.807) is 6.92 Å². The number of halogens is 5. The summed E-state index contributed by atoms with van der Waals surface area (Å²) in [5.74, 6) is -11.0. The Morgan fingerprint density at radius 1 is 1.08 bits per heavy atom. The van der Waals surface area contributed by atoms with Crippen molar-refractivity contribution in [2.24, 2.45) is 0 Å². The van der Waals surface area contributed by atoms with Crippen LogP contribution in [0.25, 0.3) is 0 Å². The molecule has 0 saturated carbocycles. The van der Waals surface area contributed by atoms with E-state index in [9.17, 15) is 27.2 Å². The zero-order chi connectivity index (χ0) is 18.9. The maximum atomic E-state index is 13.8. The lowest BCUT2D eigenvalue weighted by atomic mass is 10.1. The van der Waals surface area contributed by atoms with Crippen LogP contribution in [0, 0.1) is 30.2 Å². The molecule has 0 aliphatic rings. The Hall–Kier alpha value is -2.06. The van der Waals surface area contributed by atoms with E-state index < -0.39 is 51.2 Å². The summed E-state index contributed by atoms with van der Waals surface area (Å²) in [5.41, 5.74) is -0.907. The molecular weight excluding hydrogens is 384 g/mol. The Bertz CT molecular complexity index is 857. The second kappa shape index (κ2) is 7.45. The van der Waals surface area contributed by atoms with Crippen LogP contribution in [0.3, 0.4) is 0 Å². The smallest absolute Gasteiger partial charge is 0.341 e. The number of carboxylic acids is 1. The first-order valence-corrected chi connectivity index (χ1v) is 8.02. The fourth-order valence-corrected chi connectivity index (χ4v) is 2.96. The molecule has 0 fully saturated rings. The quantitative estimate of drug-likeness (QED) is 0.341. The van der Waals surface area contributed by atoms with E-state index >= 15 is 0 Å². The van der Waals surface area contributed by atoms with Crippen molar-refractivity contribution in [2.75, 3.05) is 5.75 Å². The van der Waals surface area contributed by atoms with Gasteiger partial charge in [0.2, 0.25) is 0 Å². The molecule has 0 amide bonds. The van der Waals surface area contributed by atoms with Crippen LogP contribution in [-0.4, -0.2) is 22.6 Å². The third-order valence-corrected chi connectivity index (χ3v) is 4.74. The predicted molar refractivity (Wildman–Crippen MR) is 84.5 cm³/mol. The van der Waals surface area contributed by atoms with Crippen molar-refractivity contribution in [1.82, 2.24) is 0 Å². The minimum Gasteiger partial charge on any atom is -0.477 e. The molecule has 2 aromatic carbocycles. The number of thioether (sulfide) groups is 1. The number of aromatic carboxylic acids is 1. The lowest BCUT2D eigenvalue weighted by Crippen LogP contribution is -2.12. The molecule has 0 radical (unpaired) electrons. The number of rotatable bonds is 5. The standard InChI is InChI=1S/C16H9ClF4O3S/c1-6-4-7(2-3-8(6)17)9(22)5-25-15-13(20)11(18)10(16(23)24)12(19)14(15)21/h2-4H,5H2,1H3,(H,23,24). The molecule has 9 heteroatoms. The van der Waals surface area contributed by atoms with Crippen molar-refractivity contribution in [3.8, 4) is 0 Å². The molecule has 0 heterocycles. The maximum Gasteiger partial charge on any atom is 0.341 e. The normalized spacial score (nSPS) is 10.8. The van der Waals surface area contributed by atoms with Crippen molar-refractivity contribution >= 4 is 35.1 Å². The summed E-state index contributed by atoms with van der Waals surface area (Å²) in [6.45, 7) is 1.65. The SMILES string of the molecule is Cc1cc(C(=O)CSc2c(F)c(F)c(C(=O)O)c(F)c2F)ccc1Cl. The molecule has 1 N–H and O–H groups in total. The van der Waals surface area contributed by atoms with E-state index in [1.165, 1.54) is 18.2 Å². The van der Waals surface area contributed by atoms with Crippen LogP contribution in [0.2, 0.25) is 5.02 Å². The fourth-order valence-electron chi connectivity index (χ4n) is 1.97. The molecule has 0 spiro atoms. The molecule has 0 unspecified atom stereocenters. The van der Waals surface area contributed by atoms with Gasteiger partial charge in [-0.1, -0.05) is 11.6 Å². The summed E-state index contributed by atoms with van der Waals surface area (Å²) in [6.07, 6.45) is 0. The number of benzene rings is 2. The Kier molecular flexibility index (Phi) is 5.74. The maximum absolute atomic E-state index is 13.8. The number of Topliss-reactive ketones (excluding diaryl/α,β-unsaturated/α-hetero) is 1. The number of carboxylic acid groups (broad SMARTS) is 1. The third kappa shape index (κ3) is 3.80. The molecule has 2 aromatic rings. The molecular formula is C16H9ClF4O3S. The van der Waals surface area contributed by atoms with E-state index in [2.05, 4.69) is 0 Å². The molecule has 0 saturated heterocycles. The highest BCUT2D eigenvalue weighted by molar-refractivity contribution is 8.00. The summed E-state index contributed by atoms with van der Waals surface area (Å²) in [5, 5.41) is 9.04. The predicted octanol–water partition coefficient (Wildman–Crippen LogP) is 4.88. The van der Waals surface area contributed by atoms with Crippen LogP contribution in [0.1, 0.15) is 26.3 Å². The summed E-state index contributed by atoms with van der Waals surface area (Å²) in [4.78, 5) is 21.6. The molecule has 0 atom stereocenters. The van der Waals surface area contributed by atoms with Crippen LogP contribution in [0.4, 0.5) is 17.6 Å². The first-order valence-electron chi connectivity index (χ1n) is 6.66. The number of carbonyl (C=O) groups is 2. The molecule has 0 bridgehead atoms. The van der Waals surface area contributed by atoms with E-state index in [4.69, 9.17) is 16.7 Å². The molecule has 132 valence electrons. The zero-order valence-corrected chi connectivity index (χ0v) is 14.1. The van der Waals surface area contributed by atoms with E-state index in [1.807, 2.05) is 0 Å². The number of carbonyl (C=O) groups excluding carboxylic acids is 1. The van der Waals surface area contributed by atoms with Gasteiger partial charge in [-0.15, -0.1) is 11.8 Å². The van der Waals surface area contributed by atoms with Gasteiger partial charge in [-0.3, -0.25) is 4.79 Å². The van der Waals surface area contributed by atoms with Crippen LogP contribution >= 0.6 is 23.4 Å². The van der Waals surface area contributed by atoms with Crippen LogP contribution in [0.15, 0.2) is 23.1 Å². The highest BCUT2D eigenvalue weighted by Gasteiger charge is 2.29. The van der Waals surface area contributed by atoms with E-state index in [0.717, 1.165) is 0 Å². The average Bonchev–Trinajstić information content (AvgIpc) is 2.55. The van der Waals surface area contributed by atoms with Gasteiger partial charge in [0.15, 0.2) is 29.1 Å². The van der Waals surface area contributed by atoms with E-state index in [0.29, 0.717) is 10.6 Å². The number of hydrogen-bond donors (Lipinski definition) is 1. The van der Waals surface area contributed by atoms with Crippen LogP contribution in [0.5, 0.6) is 0 Å². The highest BCUT2D eigenvalue weighted by atomic mass is 35.5. The second-order valence-corrected chi connectivity index (χ2v) is 6.33. The van der Waals surface area contributed by atoms with Gasteiger partial charge in [-0.25, -0.2) is 22.4 Å². The molecule has 0 aromatic heterocycles. The van der Waals surface area contributed by atoms with E-state index in [-0.39, 0.29) is 17.3 Å². The molecule has 0 aliphatic carbocycles. The van der Waals surface area contributed by atoms with Crippen LogP contribution < -0.4 is 0 Å². The minimum atomic E-state index is -2.14. The number of hydrogen-bond acceptors (Lipinski definition) is 3. The van der Waals surface area contributed by atoms with Gasteiger partial charge in [0.05, 0.1) is 10.6 Å². The highest BCUT2D eigenvalue weighted by Crippen LogP contribution is 2.32. The van der Waals surface area contributed by atoms with Gasteiger partial charge >= 0.3 is 5.97 Å². The van der Waals surface area contributed by atoms with Crippen molar-refractivity contribution < 1.29 is 32.3 Å². The van der Waals surface area contributed by atoms with Gasteiger partial charge in [-0.2, -0.15) is 0 Å². The fraction of sp³-hybridized carbons (Fsp3) is 0.125. The number of aryl methyl sites for hydroxylation is 1. The summed E-state index contributed by atoms with van der Waals surface area (Å²) in [6, 6.07) is 4.34. The van der Waals surface area contributed by atoms with Crippen molar-refractivity contribution in [3.05, 3.63) is 63.2 Å². The van der Waals surface area contributed by atoms with Gasteiger partial charge in [0.1, 0.15) is 5.56 Å². The third-order valence-electron chi connectivity index (χ3n) is 3.26. The molecule has 3 nitrogen and oxygen atoms in total. The lowest BCUT2D eigenvalue weighted by Gasteiger charge is -2.09. The summed E-state index contributed by atoms with van der Waals surface area (Å²) >= 11 is 6.06. The van der Waals surface area contributed by atoms with Gasteiger partial charge < -0.3 is 5.11 Å². The van der Waals surface area contributed by atoms with Gasteiger partial charge in [0, 0.05) is 10.6 Å². The summed E-state index contributed by atoms with van der Waals surface area (Å²) < 4.78 is 54.9.